The Hall–Kier alpha value is -4.28. The predicted molar refractivity (Wildman–Crippen MR) is 142 cm³/mol. The second kappa shape index (κ2) is 10.6. The number of hydrogen-bond acceptors (Lipinski definition) is 5. The van der Waals surface area contributed by atoms with Crippen LogP contribution in [0.3, 0.4) is 0 Å². The lowest BCUT2D eigenvalue weighted by molar-refractivity contribution is -0.119. The summed E-state index contributed by atoms with van der Waals surface area (Å²) in [5.74, 6) is -1.03. The van der Waals surface area contributed by atoms with Crippen molar-refractivity contribution in [2.24, 2.45) is 0 Å². The number of benzene rings is 2. The molecular formula is C27H23ClFN5O4. The molecule has 2 aromatic heterocycles. The minimum atomic E-state index is -0.908. The standard InChI is InChI=1S/C27H23ClFN5O4/c1-38-20-12-23(34(15-20)27(37)32-24-9-6-18(28)13-30-24)26(36)31-22-8-7-19(11-21(22)29)33-14-17-5-3-2-4-16(17)10-25(33)35/h2-11,13-14,20,23H,12,15H2,1H3,(H,31,36)(H,30,32,37)/t20-,23-/m1/s1. The summed E-state index contributed by atoms with van der Waals surface area (Å²) in [4.78, 5) is 44.0. The summed E-state index contributed by atoms with van der Waals surface area (Å²) in [6.07, 6.45) is 2.89. The van der Waals surface area contributed by atoms with Gasteiger partial charge in [0, 0.05) is 44.6 Å². The number of amides is 3. The first kappa shape index (κ1) is 25.4. The lowest BCUT2D eigenvalue weighted by Gasteiger charge is -2.24. The number of urea groups is 1. The van der Waals surface area contributed by atoms with E-state index in [-0.39, 0.29) is 36.1 Å². The Labute approximate surface area is 221 Å². The van der Waals surface area contributed by atoms with E-state index in [0.717, 1.165) is 10.8 Å². The maximum Gasteiger partial charge on any atom is 0.323 e. The number of halogens is 2. The minimum absolute atomic E-state index is 0.0758. The van der Waals surface area contributed by atoms with Gasteiger partial charge < -0.3 is 15.0 Å². The Morgan fingerprint density at radius 3 is 2.58 bits per heavy atom. The van der Waals surface area contributed by atoms with Gasteiger partial charge in [0.15, 0.2) is 0 Å². The zero-order chi connectivity index (χ0) is 26.8. The molecule has 1 fully saturated rings. The molecule has 38 heavy (non-hydrogen) atoms. The molecule has 1 aliphatic heterocycles. The highest BCUT2D eigenvalue weighted by Crippen LogP contribution is 2.25. The fourth-order valence-corrected chi connectivity index (χ4v) is 4.52. The highest BCUT2D eigenvalue weighted by Gasteiger charge is 2.40. The zero-order valence-electron chi connectivity index (χ0n) is 20.2. The molecular weight excluding hydrogens is 513 g/mol. The van der Waals surface area contributed by atoms with Crippen LogP contribution >= 0.6 is 11.6 Å². The molecule has 2 aromatic carbocycles. The van der Waals surface area contributed by atoms with E-state index in [4.69, 9.17) is 16.3 Å². The van der Waals surface area contributed by atoms with E-state index in [0.29, 0.717) is 10.7 Å². The van der Waals surface area contributed by atoms with Crippen molar-refractivity contribution < 1.29 is 18.7 Å². The smallest absolute Gasteiger partial charge is 0.323 e. The number of likely N-dealkylation sites (tertiary alicyclic amines) is 1. The number of aromatic nitrogens is 2. The number of pyridine rings is 2. The number of rotatable bonds is 5. The molecule has 9 nitrogen and oxygen atoms in total. The molecule has 0 spiro atoms. The number of nitrogens with one attached hydrogen (secondary N) is 2. The molecule has 1 saturated heterocycles. The van der Waals surface area contributed by atoms with Crippen molar-refractivity contribution >= 4 is 45.8 Å². The van der Waals surface area contributed by atoms with Crippen molar-refractivity contribution in [3.05, 3.63) is 94.3 Å². The van der Waals surface area contributed by atoms with Crippen LogP contribution in [0.25, 0.3) is 16.5 Å². The SMILES string of the molecule is CO[C@@H]1C[C@H](C(=O)Nc2ccc(-n3cc4ccccc4cc3=O)cc2F)N(C(=O)Nc2ccc(Cl)cn2)C1. The average Bonchev–Trinajstić information content (AvgIpc) is 3.36. The molecule has 3 heterocycles. The minimum Gasteiger partial charge on any atom is -0.380 e. The number of fused-ring (bicyclic) bond motifs is 1. The summed E-state index contributed by atoms with van der Waals surface area (Å²) in [6, 6.07) is 14.6. The predicted octanol–water partition coefficient (Wildman–Crippen LogP) is 4.44. The van der Waals surface area contributed by atoms with Gasteiger partial charge in [-0.25, -0.2) is 14.2 Å². The molecule has 0 unspecified atom stereocenters. The molecule has 0 bridgehead atoms. The number of anilines is 2. The van der Waals surface area contributed by atoms with Crippen LogP contribution in [0.15, 0.2) is 77.9 Å². The van der Waals surface area contributed by atoms with Gasteiger partial charge in [-0.05, 0) is 35.0 Å². The molecule has 0 saturated carbocycles. The Kier molecular flexibility index (Phi) is 7.08. The molecule has 0 aliphatic carbocycles. The Bertz CT molecular complexity index is 1580. The van der Waals surface area contributed by atoms with E-state index in [9.17, 15) is 14.4 Å². The number of carbonyl (C=O) groups excluding carboxylic acids is 2. The summed E-state index contributed by atoms with van der Waals surface area (Å²) in [7, 11) is 1.49. The topological polar surface area (TPSA) is 106 Å². The van der Waals surface area contributed by atoms with Crippen molar-refractivity contribution in [3.8, 4) is 5.69 Å². The van der Waals surface area contributed by atoms with Crippen molar-refractivity contribution in [3.63, 3.8) is 0 Å². The van der Waals surface area contributed by atoms with E-state index >= 15 is 4.39 Å². The van der Waals surface area contributed by atoms with E-state index in [2.05, 4.69) is 15.6 Å². The van der Waals surface area contributed by atoms with Crippen molar-refractivity contribution in [2.45, 2.75) is 18.6 Å². The van der Waals surface area contributed by atoms with E-state index in [1.54, 1.807) is 12.3 Å². The van der Waals surface area contributed by atoms with E-state index in [1.807, 2.05) is 24.3 Å². The number of ether oxygens (including phenoxy) is 1. The molecule has 1 aliphatic rings. The van der Waals surface area contributed by atoms with Crippen LogP contribution in [0.2, 0.25) is 5.02 Å². The first-order valence-corrected chi connectivity index (χ1v) is 12.1. The maximum atomic E-state index is 15.1. The number of carbonyl (C=O) groups is 2. The Morgan fingerprint density at radius 2 is 1.87 bits per heavy atom. The third-order valence-corrected chi connectivity index (χ3v) is 6.61. The molecule has 11 heteroatoms. The third-order valence-electron chi connectivity index (χ3n) is 6.39. The van der Waals surface area contributed by atoms with E-state index in [1.165, 1.54) is 53.1 Å². The first-order chi connectivity index (χ1) is 18.3. The van der Waals surface area contributed by atoms with Crippen LogP contribution < -0.4 is 16.2 Å². The van der Waals surface area contributed by atoms with Gasteiger partial charge in [-0.1, -0.05) is 35.9 Å². The van der Waals surface area contributed by atoms with Gasteiger partial charge in [0.2, 0.25) is 5.91 Å². The molecule has 3 amide bonds. The largest absolute Gasteiger partial charge is 0.380 e. The van der Waals surface area contributed by atoms with Crippen molar-refractivity contribution in [1.82, 2.24) is 14.5 Å². The summed E-state index contributed by atoms with van der Waals surface area (Å²) in [5.41, 5.74) is -0.0745. The lowest BCUT2D eigenvalue weighted by Crippen LogP contribution is -2.45. The van der Waals surface area contributed by atoms with Crippen LogP contribution in [0.5, 0.6) is 0 Å². The molecule has 4 aromatic rings. The summed E-state index contributed by atoms with van der Waals surface area (Å²) in [5, 5.41) is 7.22. The summed E-state index contributed by atoms with van der Waals surface area (Å²) < 4.78 is 21.8. The lowest BCUT2D eigenvalue weighted by atomic mass is 10.1. The van der Waals surface area contributed by atoms with Crippen LogP contribution in [-0.2, 0) is 9.53 Å². The molecule has 2 N–H and O–H groups in total. The Morgan fingerprint density at radius 1 is 1.08 bits per heavy atom. The summed E-state index contributed by atoms with van der Waals surface area (Å²) >= 11 is 5.84. The van der Waals surface area contributed by atoms with Gasteiger partial charge in [0.1, 0.15) is 17.7 Å². The van der Waals surface area contributed by atoms with Crippen LogP contribution in [0.4, 0.5) is 20.7 Å². The highest BCUT2D eigenvalue weighted by atomic mass is 35.5. The Balaban J connectivity index is 1.34. The normalized spacial score (nSPS) is 17.0. The monoisotopic (exact) mass is 535 g/mol. The first-order valence-electron chi connectivity index (χ1n) is 11.8. The van der Waals surface area contributed by atoms with Gasteiger partial charge in [-0.2, -0.15) is 0 Å². The molecule has 2 atom stereocenters. The quantitative estimate of drug-likeness (QED) is 0.393. The second-order valence-corrected chi connectivity index (χ2v) is 9.25. The van der Waals surface area contributed by atoms with Gasteiger partial charge in [0.05, 0.1) is 22.5 Å². The van der Waals surface area contributed by atoms with E-state index < -0.39 is 23.8 Å². The second-order valence-electron chi connectivity index (χ2n) is 8.82. The fourth-order valence-electron chi connectivity index (χ4n) is 4.41. The number of nitrogens with zero attached hydrogens (tertiary/aromatic N) is 3. The maximum absolute atomic E-state index is 15.1. The van der Waals surface area contributed by atoms with Crippen molar-refractivity contribution in [2.75, 3.05) is 24.3 Å². The van der Waals surface area contributed by atoms with Gasteiger partial charge in [0.25, 0.3) is 5.56 Å². The number of methoxy groups -OCH3 is 1. The van der Waals surface area contributed by atoms with Gasteiger partial charge >= 0.3 is 6.03 Å². The van der Waals surface area contributed by atoms with Crippen LogP contribution in [-0.4, -0.2) is 52.2 Å². The molecule has 194 valence electrons. The fraction of sp³-hybridized carbons (Fsp3) is 0.185. The third kappa shape index (κ3) is 5.22. The van der Waals surface area contributed by atoms with Gasteiger partial charge in [-0.3, -0.25) is 19.5 Å². The van der Waals surface area contributed by atoms with Gasteiger partial charge in [-0.15, -0.1) is 0 Å². The number of hydrogen-bond donors (Lipinski definition) is 2. The van der Waals surface area contributed by atoms with Crippen LogP contribution in [0.1, 0.15) is 6.42 Å². The van der Waals surface area contributed by atoms with Crippen LogP contribution in [0, 0.1) is 5.82 Å². The van der Waals surface area contributed by atoms with Crippen molar-refractivity contribution in [1.29, 1.82) is 0 Å². The zero-order valence-corrected chi connectivity index (χ0v) is 21.0. The molecule has 0 radical (unpaired) electrons. The molecule has 5 rings (SSSR count). The average molecular weight is 536 g/mol. The highest BCUT2D eigenvalue weighted by molar-refractivity contribution is 6.30. The summed E-state index contributed by atoms with van der Waals surface area (Å²) in [6.45, 7) is 0.167.